The molecule has 0 saturated heterocycles. The molecule has 0 N–H and O–H groups in total. The molecular formula is C19H19ClFN3O. The third-order valence-corrected chi connectivity index (χ3v) is 4.22. The number of halogens is 2. The van der Waals surface area contributed by atoms with Crippen LogP contribution in [0.1, 0.15) is 27.7 Å². The zero-order valence-corrected chi connectivity index (χ0v) is 15.3. The van der Waals surface area contributed by atoms with Crippen molar-refractivity contribution in [2.24, 2.45) is 0 Å². The molecule has 3 aromatic rings. The number of benzene rings is 1. The molecule has 25 heavy (non-hydrogen) atoms. The molecule has 0 unspecified atom stereocenters. The Morgan fingerprint density at radius 2 is 1.92 bits per heavy atom. The summed E-state index contributed by atoms with van der Waals surface area (Å²) in [6.45, 7) is 7.25. The van der Waals surface area contributed by atoms with Crippen molar-refractivity contribution in [2.45, 2.75) is 33.2 Å². The quantitative estimate of drug-likeness (QED) is 0.649. The van der Waals surface area contributed by atoms with Gasteiger partial charge in [0.15, 0.2) is 0 Å². The number of hydrogen-bond donors (Lipinski definition) is 0. The SMILES string of the molecule is CC(=O)N(c1c(-c2c(F)cccc2Cl)nc2ccccn12)C(C)(C)C. The maximum absolute atomic E-state index is 14.6. The molecule has 6 heteroatoms. The van der Waals surface area contributed by atoms with Gasteiger partial charge in [-0.05, 0) is 45.0 Å². The van der Waals surface area contributed by atoms with E-state index in [9.17, 15) is 9.18 Å². The summed E-state index contributed by atoms with van der Waals surface area (Å²) in [6, 6.07) is 9.99. The van der Waals surface area contributed by atoms with E-state index >= 15 is 0 Å². The summed E-state index contributed by atoms with van der Waals surface area (Å²) in [5, 5.41) is 0.252. The van der Waals surface area contributed by atoms with Crippen molar-refractivity contribution in [2.75, 3.05) is 4.90 Å². The molecule has 1 aromatic carbocycles. The van der Waals surface area contributed by atoms with Crippen molar-refractivity contribution in [3.8, 4) is 11.3 Å². The second-order valence-corrected chi connectivity index (χ2v) is 7.24. The zero-order valence-electron chi connectivity index (χ0n) is 14.5. The Morgan fingerprint density at radius 3 is 2.52 bits per heavy atom. The van der Waals surface area contributed by atoms with Crippen molar-refractivity contribution in [1.82, 2.24) is 9.38 Å². The van der Waals surface area contributed by atoms with Crippen LogP contribution in [0.5, 0.6) is 0 Å². The average molecular weight is 360 g/mol. The molecular weight excluding hydrogens is 341 g/mol. The summed E-state index contributed by atoms with van der Waals surface area (Å²) in [7, 11) is 0. The Balaban J connectivity index is 2.43. The van der Waals surface area contributed by atoms with Gasteiger partial charge in [-0.3, -0.25) is 14.1 Å². The number of carbonyl (C=O) groups is 1. The van der Waals surface area contributed by atoms with E-state index in [4.69, 9.17) is 11.6 Å². The third-order valence-electron chi connectivity index (χ3n) is 3.90. The molecule has 0 saturated carbocycles. The van der Waals surface area contributed by atoms with Crippen LogP contribution >= 0.6 is 11.6 Å². The van der Waals surface area contributed by atoms with Crippen molar-refractivity contribution in [3.05, 3.63) is 53.4 Å². The molecule has 130 valence electrons. The first-order valence-electron chi connectivity index (χ1n) is 7.94. The van der Waals surface area contributed by atoms with E-state index in [1.54, 1.807) is 27.6 Å². The molecule has 2 aromatic heterocycles. The number of fused-ring (bicyclic) bond motifs is 1. The van der Waals surface area contributed by atoms with Crippen molar-refractivity contribution < 1.29 is 9.18 Å². The second-order valence-electron chi connectivity index (χ2n) is 6.83. The summed E-state index contributed by atoms with van der Waals surface area (Å²) in [5.41, 5.74) is 0.629. The third kappa shape index (κ3) is 3.00. The van der Waals surface area contributed by atoms with Gasteiger partial charge in [0.2, 0.25) is 5.91 Å². The van der Waals surface area contributed by atoms with Crippen LogP contribution in [0.15, 0.2) is 42.6 Å². The van der Waals surface area contributed by atoms with Gasteiger partial charge in [-0.2, -0.15) is 0 Å². The molecule has 0 aliphatic rings. The van der Waals surface area contributed by atoms with Crippen LogP contribution < -0.4 is 4.90 Å². The number of aromatic nitrogens is 2. The fraction of sp³-hybridized carbons (Fsp3) is 0.263. The maximum Gasteiger partial charge on any atom is 0.225 e. The summed E-state index contributed by atoms with van der Waals surface area (Å²) < 4.78 is 16.4. The summed E-state index contributed by atoms with van der Waals surface area (Å²) in [6.07, 6.45) is 1.80. The lowest BCUT2D eigenvalue weighted by Gasteiger charge is -2.35. The zero-order chi connectivity index (χ0) is 18.4. The summed E-state index contributed by atoms with van der Waals surface area (Å²) >= 11 is 6.27. The predicted octanol–water partition coefficient (Wildman–Crippen LogP) is 4.95. The monoisotopic (exact) mass is 359 g/mol. The lowest BCUT2D eigenvalue weighted by atomic mass is 10.0. The Hall–Kier alpha value is -2.40. The van der Waals surface area contributed by atoms with Crippen LogP contribution in [-0.2, 0) is 4.79 Å². The van der Waals surface area contributed by atoms with E-state index in [-0.39, 0.29) is 16.5 Å². The van der Waals surface area contributed by atoms with Gasteiger partial charge >= 0.3 is 0 Å². The first-order valence-corrected chi connectivity index (χ1v) is 8.32. The van der Waals surface area contributed by atoms with Crippen LogP contribution in [0.25, 0.3) is 16.9 Å². The number of rotatable bonds is 2. The minimum absolute atomic E-state index is 0.160. The van der Waals surface area contributed by atoms with Gasteiger partial charge in [0.05, 0.1) is 10.6 Å². The molecule has 1 amide bonds. The number of anilines is 1. The predicted molar refractivity (Wildman–Crippen MR) is 98.5 cm³/mol. The van der Waals surface area contributed by atoms with Crippen molar-refractivity contribution in [1.29, 1.82) is 0 Å². The fourth-order valence-corrected chi connectivity index (χ4v) is 3.28. The van der Waals surface area contributed by atoms with Gasteiger partial charge in [0.1, 0.15) is 23.0 Å². The lowest BCUT2D eigenvalue weighted by molar-refractivity contribution is -0.117. The summed E-state index contributed by atoms with van der Waals surface area (Å²) in [4.78, 5) is 18.6. The highest BCUT2D eigenvalue weighted by atomic mass is 35.5. The molecule has 0 radical (unpaired) electrons. The maximum atomic E-state index is 14.6. The smallest absolute Gasteiger partial charge is 0.225 e. The van der Waals surface area contributed by atoms with Crippen LogP contribution in [0.2, 0.25) is 5.02 Å². The van der Waals surface area contributed by atoms with Crippen molar-refractivity contribution in [3.63, 3.8) is 0 Å². The van der Waals surface area contributed by atoms with E-state index in [1.165, 1.54) is 13.0 Å². The standard InChI is InChI=1S/C19H19ClFN3O/c1-12(25)24(19(2,3)4)18-17(16-13(20)8-7-9-14(16)21)22-15-10-5-6-11-23(15)18/h5-11H,1-4H3. The first kappa shape index (κ1) is 17.4. The van der Waals surface area contributed by atoms with Crippen LogP contribution in [0.4, 0.5) is 10.2 Å². The number of nitrogens with zero attached hydrogens (tertiary/aromatic N) is 3. The molecule has 0 spiro atoms. The van der Waals surface area contributed by atoms with Gasteiger partial charge in [-0.1, -0.05) is 23.7 Å². The van der Waals surface area contributed by atoms with Crippen LogP contribution in [-0.4, -0.2) is 20.8 Å². The van der Waals surface area contributed by atoms with Crippen molar-refractivity contribution >= 4 is 29.0 Å². The highest BCUT2D eigenvalue weighted by molar-refractivity contribution is 6.33. The number of hydrogen-bond acceptors (Lipinski definition) is 2. The molecule has 0 bridgehead atoms. The van der Waals surface area contributed by atoms with Gasteiger partial charge in [-0.25, -0.2) is 9.37 Å². The minimum Gasteiger partial charge on any atom is -0.291 e. The molecule has 0 atom stereocenters. The number of pyridine rings is 1. The fourth-order valence-electron chi connectivity index (χ4n) is 3.03. The van der Waals surface area contributed by atoms with E-state index < -0.39 is 11.4 Å². The minimum atomic E-state index is -0.524. The Labute approximate surface area is 150 Å². The first-order chi connectivity index (χ1) is 11.7. The molecule has 4 nitrogen and oxygen atoms in total. The average Bonchev–Trinajstić information content (AvgIpc) is 2.85. The highest BCUT2D eigenvalue weighted by Gasteiger charge is 2.32. The van der Waals surface area contributed by atoms with E-state index in [0.29, 0.717) is 17.2 Å². The largest absolute Gasteiger partial charge is 0.291 e. The molecule has 3 rings (SSSR count). The Bertz CT molecular complexity index is 939. The normalized spacial score (nSPS) is 11.8. The van der Waals surface area contributed by atoms with Gasteiger partial charge in [0, 0.05) is 18.7 Å². The second kappa shape index (κ2) is 6.15. The van der Waals surface area contributed by atoms with Gasteiger partial charge in [-0.15, -0.1) is 0 Å². The van der Waals surface area contributed by atoms with Gasteiger partial charge < -0.3 is 0 Å². The van der Waals surface area contributed by atoms with E-state index in [2.05, 4.69) is 4.98 Å². The van der Waals surface area contributed by atoms with Crippen LogP contribution in [0, 0.1) is 5.82 Å². The topological polar surface area (TPSA) is 37.6 Å². The molecule has 0 fully saturated rings. The number of carbonyl (C=O) groups excluding carboxylic acids is 1. The highest BCUT2D eigenvalue weighted by Crippen LogP contribution is 2.39. The van der Waals surface area contributed by atoms with E-state index in [0.717, 1.165) is 0 Å². The van der Waals surface area contributed by atoms with Crippen LogP contribution in [0.3, 0.4) is 0 Å². The van der Waals surface area contributed by atoms with E-state index in [1.807, 2.05) is 39.0 Å². The molecule has 0 aliphatic heterocycles. The Kier molecular flexibility index (Phi) is 4.29. The molecule has 0 aliphatic carbocycles. The number of imidazole rings is 1. The lowest BCUT2D eigenvalue weighted by Crippen LogP contribution is -2.45. The Morgan fingerprint density at radius 1 is 1.20 bits per heavy atom. The number of amides is 1. The molecule has 2 heterocycles. The summed E-state index contributed by atoms with van der Waals surface area (Å²) in [5.74, 6) is -0.135. The van der Waals surface area contributed by atoms with Gasteiger partial charge in [0.25, 0.3) is 0 Å².